The summed E-state index contributed by atoms with van der Waals surface area (Å²) < 4.78 is 10.8. The number of hydrogen-bond donors (Lipinski definition) is 1. The van der Waals surface area contributed by atoms with Gasteiger partial charge >= 0.3 is 6.09 Å². The fourth-order valence-electron chi connectivity index (χ4n) is 5.25. The molecule has 3 aliphatic heterocycles. The van der Waals surface area contributed by atoms with Crippen LogP contribution in [0.3, 0.4) is 0 Å². The molecule has 7 nitrogen and oxygen atoms in total. The summed E-state index contributed by atoms with van der Waals surface area (Å²) in [6, 6.07) is 13.8. The first kappa shape index (κ1) is 22.4. The van der Waals surface area contributed by atoms with E-state index in [0.717, 1.165) is 56.0 Å². The lowest BCUT2D eigenvalue weighted by molar-refractivity contribution is 0.0778. The van der Waals surface area contributed by atoms with Gasteiger partial charge in [-0.3, -0.25) is 4.79 Å². The molecule has 0 spiro atoms. The van der Waals surface area contributed by atoms with Crippen LogP contribution in [-0.2, 0) is 9.47 Å². The second kappa shape index (κ2) is 10.2. The number of carbonyl (C=O) groups excluding carboxylic acids is 2. The average molecular weight is 470 g/mol. The molecule has 0 saturated carbocycles. The Labute approximate surface area is 198 Å². The molecule has 33 heavy (non-hydrogen) atoms. The number of hydrogen-bond acceptors (Lipinski definition) is 6. The van der Waals surface area contributed by atoms with E-state index in [2.05, 4.69) is 22.3 Å². The summed E-state index contributed by atoms with van der Waals surface area (Å²) in [4.78, 5) is 30.5. The molecule has 1 aromatic heterocycles. The third kappa shape index (κ3) is 5.39. The summed E-state index contributed by atoms with van der Waals surface area (Å²) in [5.74, 6) is 1.24. The maximum Gasteiger partial charge on any atom is 0.407 e. The lowest BCUT2D eigenvalue weighted by atomic mass is 10.0. The zero-order valence-corrected chi connectivity index (χ0v) is 19.5. The molecule has 0 radical (unpaired) electrons. The monoisotopic (exact) mass is 469 g/mol. The van der Waals surface area contributed by atoms with E-state index in [9.17, 15) is 9.59 Å². The van der Waals surface area contributed by atoms with Gasteiger partial charge in [-0.15, -0.1) is 11.3 Å². The third-order valence-corrected chi connectivity index (χ3v) is 7.83. The van der Waals surface area contributed by atoms with Gasteiger partial charge in [-0.25, -0.2) is 4.79 Å². The lowest BCUT2D eigenvalue weighted by Crippen LogP contribution is -2.36. The molecule has 4 atom stereocenters. The Morgan fingerprint density at radius 1 is 1.09 bits per heavy atom. The summed E-state index contributed by atoms with van der Waals surface area (Å²) in [5, 5.41) is 5.04. The number of nitrogens with zero attached hydrogens (tertiary/aromatic N) is 2. The molecule has 5 rings (SSSR count). The molecular weight excluding hydrogens is 438 g/mol. The highest BCUT2D eigenvalue weighted by atomic mass is 32.1. The number of carbonyl (C=O) groups is 2. The fourth-order valence-corrected chi connectivity index (χ4v) is 5.94. The van der Waals surface area contributed by atoms with Gasteiger partial charge in [0.1, 0.15) is 6.10 Å². The summed E-state index contributed by atoms with van der Waals surface area (Å²) in [6.45, 7) is 5.72. The minimum absolute atomic E-state index is 0.0987. The molecule has 8 heteroatoms. The van der Waals surface area contributed by atoms with Crippen LogP contribution in [0.15, 0.2) is 47.8 Å². The molecule has 0 bridgehead atoms. The number of alkyl carbamates (subject to hydrolysis) is 1. The van der Waals surface area contributed by atoms with Crippen LogP contribution in [0.5, 0.6) is 0 Å². The molecule has 176 valence electrons. The van der Waals surface area contributed by atoms with Crippen molar-refractivity contribution >= 4 is 23.3 Å². The van der Waals surface area contributed by atoms with Gasteiger partial charge in [-0.05, 0) is 35.3 Å². The number of ether oxygens (including phenoxy) is 2. The first-order valence-corrected chi connectivity index (χ1v) is 12.7. The van der Waals surface area contributed by atoms with Crippen molar-refractivity contribution in [2.75, 3.05) is 45.9 Å². The van der Waals surface area contributed by atoms with Crippen molar-refractivity contribution in [2.24, 2.45) is 11.8 Å². The largest absolute Gasteiger partial charge is 0.444 e. The van der Waals surface area contributed by atoms with Crippen molar-refractivity contribution in [3.63, 3.8) is 0 Å². The van der Waals surface area contributed by atoms with Gasteiger partial charge < -0.3 is 24.6 Å². The van der Waals surface area contributed by atoms with Gasteiger partial charge in [0.15, 0.2) is 0 Å². The van der Waals surface area contributed by atoms with Crippen LogP contribution in [0.1, 0.15) is 34.1 Å². The molecule has 3 aliphatic rings. The summed E-state index contributed by atoms with van der Waals surface area (Å²) >= 11 is 1.52. The van der Waals surface area contributed by atoms with E-state index in [1.54, 1.807) is 0 Å². The number of amides is 2. The first-order chi connectivity index (χ1) is 16.2. The van der Waals surface area contributed by atoms with E-state index in [-0.39, 0.29) is 24.1 Å². The molecule has 2 aromatic rings. The molecular formula is C25H31N3O4S. The van der Waals surface area contributed by atoms with Crippen molar-refractivity contribution in [1.82, 2.24) is 15.1 Å². The second-order valence-electron chi connectivity index (χ2n) is 9.25. The maximum absolute atomic E-state index is 12.7. The zero-order valence-electron chi connectivity index (χ0n) is 18.7. The van der Waals surface area contributed by atoms with Crippen molar-refractivity contribution < 1.29 is 19.1 Å². The zero-order chi connectivity index (χ0) is 22.6. The van der Waals surface area contributed by atoms with E-state index in [0.29, 0.717) is 25.0 Å². The summed E-state index contributed by atoms with van der Waals surface area (Å²) in [5.41, 5.74) is 1.09. The minimum atomic E-state index is -0.375. The van der Waals surface area contributed by atoms with E-state index < -0.39 is 0 Å². The smallest absolute Gasteiger partial charge is 0.407 e. The molecule has 4 heterocycles. The average Bonchev–Trinajstić information content (AvgIpc) is 3.62. The van der Waals surface area contributed by atoms with Gasteiger partial charge in [-0.2, -0.15) is 0 Å². The number of likely N-dealkylation sites (tertiary alicyclic amines) is 2. The first-order valence-electron chi connectivity index (χ1n) is 11.8. The van der Waals surface area contributed by atoms with E-state index >= 15 is 0 Å². The topological polar surface area (TPSA) is 71.1 Å². The Bertz CT molecular complexity index is 918. The van der Waals surface area contributed by atoms with Gasteiger partial charge in [0.05, 0.1) is 24.1 Å². The Morgan fingerprint density at radius 2 is 1.88 bits per heavy atom. The van der Waals surface area contributed by atoms with Crippen LogP contribution in [-0.4, -0.2) is 73.8 Å². The number of rotatable bonds is 7. The van der Waals surface area contributed by atoms with Crippen molar-refractivity contribution in [3.05, 3.63) is 58.3 Å². The maximum atomic E-state index is 12.7. The molecule has 3 unspecified atom stereocenters. The third-order valence-electron chi connectivity index (χ3n) is 6.97. The molecule has 2 amide bonds. The Morgan fingerprint density at radius 3 is 2.55 bits per heavy atom. The quantitative estimate of drug-likeness (QED) is 0.673. The highest BCUT2D eigenvalue weighted by molar-refractivity contribution is 7.12. The normalized spacial score (nSPS) is 25.7. The molecule has 1 N–H and O–H groups in total. The van der Waals surface area contributed by atoms with Crippen molar-refractivity contribution in [2.45, 2.75) is 25.0 Å². The Kier molecular flexibility index (Phi) is 6.94. The second-order valence-corrected chi connectivity index (χ2v) is 10.2. The van der Waals surface area contributed by atoms with Crippen LogP contribution < -0.4 is 5.32 Å². The molecule has 3 saturated heterocycles. The fraction of sp³-hybridized carbons (Fsp3) is 0.520. The highest BCUT2D eigenvalue weighted by Gasteiger charge is 2.41. The van der Waals surface area contributed by atoms with Gasteiger partial charge in [-0.1, -0.05) is 36.4 Å². The Balaban J connectivity index is 1.13. The van der Waals surface area contributed by atoms with Crippen LogP contribution >= 0.6 is 11.3 Å². The van der Waals surface area contributed by atoms with Gasteiger partial charge in [0, 0.05) is 39.1 Å². The van der Waals surface area contributed by atoms with Gasteiger partial charge in [0.25, 0.3) is 5.91 Å². The molecule has 0 aliphatic carbocycles. The molecule has 3 fully saturated rings. The number of fused-ring (bicyclic) bond motifs is 1. The van der Waals surface area contributed by atoms with E-state index in [1.165, 1.54) is 11.3 Å². The summed E-state index contributed by atoms with van der Waals surface area (Å²) in [6.07, 6.45) is 1.04. The van der Waals surface area contributed by atoms with Gasteiger partial charge in [0.2, 0.25) is 0 Å². The lowest BCUT2D eigenvalue weighted by Gasteiger charge is -2.25. The van der Waals surface area contributed by atoms with Crippen molar-refractivity contribution in [3.8, 4) is 0 Å². The van der Waals surface area contributed by atoms with Crippen molar-refractivity contribution in [1.29, 1.82) is 0 Å². The standard InChI is InChI=1S/C25H31N3O4S/c29-24(23-7-4-12-33-23)28-15-19-13-27(14-20(19)16-28)10-8-22(18-5-2-1-3-6-18)26-25(30)32-21-9-11-31-17-21/h1-7,12,19-22H,8-11,13-17H2,(H,26,30)/t19-,20?,21?,22?/m0/s1. The van der Waals surface area contributed by atoms with Crippen LogP contribution in [0, 0.1) is 11.8 Å². The predicted molar refractivity (Wildman–Crippen MR) is 126 cm³/mol. The molecule has 1 aromatic carbocycles. The van der Waals surface area contributed by atoms with Crippen LogP contribution in [0.25, 0.3) is 0 Å². The summed E-state index contributed by atoms with van der Waals surface area (Å²) in [7, 11) is 0. The number of nitrogens with one attached hydrogen (secondary N) is 1. The predicted octanol–water partition coefficient (Wildman–Crippen LogP) is 3.40. The van der Waals surface area contributed by atoms with E-state index in [4.69, 9.17) is 9.47 Å². The SMILES string of the molecule is O=C(NC(CCN1CC2CN(C(=O)c3cccs3)C[C@@H]2C1)c1ccccc1)OC1CCOC1. The van der Waals surface area contributed by atoms with E-state index in [1.807, 2.05) is 40.6 Å². The van der Waals surface area contributed by atoms with Crippen LogP contribution in [0.4, 0.5) is 4.79 Å². The van der Waals surface area contributed by atoms with Crippen LogP contribution in [0.2, 0.25) is 0 Å². The Hall–Kier alpha value is -2.42. The highest BCUT2D eigenvalue weighted by Crippen LogP contribution is 2.33. The number of thiophene rings is 1. The number of benzene rings is 1. The minimum Gasteiger partial charge on any atom is -0.444 e.